The van der Waals surface area contributed by atoms with Crippen molar-refractivity contribution in [1.29, 1.82) is 0 Å². The average molecular weight is 414 g/mol. The van der Waals surface area contributed by atoms with Crippen LogP contribution in [0.15, 0.2) is 54.7 Å². The van der Waals surface area contributed by atoms with E-state index >= 15 is 0 Å². The third-order valence-electron chi connectivity index (χ3n) is 4.81. The molecule has 7 nitrogen and oxygen atoms in total. The standard InChI is InChI=1S/C21H23N5O2.ClH/c1-15-6-8-17(9-7-15)28-20-5-3-2-4-18(20)23-21(27)19-14-26(25-24-19)16-10-12-22-13-11-16;/h2-9,14,16,22H,10-13H2,1H3,(H,23,27);1H. The molecule has 3 aromatic rings. The van der Waals surface area contributed by atoms with Crippen molar-refractivity contribution in [2.75, 3.05) is 18.4 Å². The van der Waals surface area contributed by atoms with Gasteiger partial charge >= 0.3 is 0 Å². The smallest absolute Gasteiger partial charge is 0.277 e. The van der Waals surface area contributed by atoms with E-state index in [9.17, 15) is 4.79 Å². The molecule has 1 fully saturated rings. The number of nitrogens with one attached hydrogen (secondary N) is 2. The zero-order valence-electron chi connectivity index (χ0n) is 16.2. The monoisotopic (exact) mass is 413 g/mol. The van der Waals surface area contributed by atoms with Crippen molar-refractivity contribution < 1.29 is 9.53 Å². The highest BCUT2D eigenvalue weighted by molar-refractivity contribution is 6.03. The fraction of sp³-hybridized carbons (Fsp3) is 0.286. The summed E-state index contributed by atoms with van der Waals surface area (Å²) in [4.78, 5) is 12.7. The Hall–Kier alpha value is -2.90. The highest BCUT2D eigenvalue weighted by Gasteiger charge is 2.19. The van der Waals surface area contributed by atoms with Gasteiger partial charge in [0.05, 0.1) is 17.9 Å². The Labute approximate surface area is 175 Å². The zero-order valence-corrected chi connectivity index (χ0v) is 17.0. The largest absolute Gasteiger partial charge is 0.455 e. The van der Waals surface area contributed by atoms with E-state index < -0.39 is 0 Å². The summed E-state index contributed by atoms with van der Waals surface area (Å²) in [5, 5.41) is 14.4. The van der Waals surface area contributed by atoms with Crippen LogP contribution in [0.5, 0.6) is 11.5 Å². The van der Waals surface area contributed by atoms with Crippen molar-refractivity contribution in [2.24, 2.45) is 0 Å². The maximum atomic E-state index is 12.7. The molecule has 1 amide bonds. The van der Waals surface area contributed by atoms with Crippen LogP contribution in [0.25, 0.3) is 0 Å². The number of hydrogen-bond acceptors (Lipinski definition) is 5. The van der Waals surface area contributed by atoms with Gasteiger partial charge in [-0.1, -0.05) is 35.0 Å². The molecule has 1 aliphatic heterocycles. The molecule has 0 aliphatic carbocycles. The van der Waals surface area contributed by atoms with E-state index in [0.717, 1.165) is 31.5 Å². The Balaban J connectivity index is 0.00000240. The zero-order chi connectivity index (χ0) is 19.3. The summed E-state index contributed by atoms with van der Waals surface area (Å²) < 4.78 is 7.73. The minimum Gasteiger partial charge on any atom is -0.455 e. The number of rotatable bonds is 5. The molecule has 29 heavy (non-hydrogen) atoms. The minimum absolute atomic E-state index is 0. The quantitative estimate of drug-likeness (QED) is 0.661. The molecule has 0 unspecified atom stereocenters. The van der Waals surface area contributed by atoms with Gasteiger partial charge < -0.3 is 15.4 Å². The number of aryl methyl sites for hydroxylation is 1. The van der Waals surface area contributed by atoms with E-state index in [-0.39, 0.29) is 24.4 Å². The van der Waals surface area contributed by atoms with Crippen LogP contribution in [0.4, 0.5) is 5.69 Å². The lowest BCUT2D eigenvalue weighted by atomic mass is 10.1. The van der Waals surface area contributed by atoms with Crippen LogP contribution in [-0.2, 0) is 0 Å². The maximum absolute atomic E-state index is 12.7. The predicted molar refractivity (Wildman–Crippen MR) is 114 cm³/mol. The van der Waals surface area contributed by atoms with E-state index in [2.05, 4.69) is 20.9 Å². The number of carbonyl (C=O) groups excluding carboxylic acids is 1. The van der Waals surface area contributed by atoms with Crippen LogP contribution in [0.2, 0.25) is 0 Å². The molecule has 1 saturated heterocycles. The van der Waals surface area contributed by atoms with E-state index in [1.807, 2.05) is 49.4 Å². The first-order chi connectivity index (χ1) is 13.7. The van der Waals surface area contributed by atoms with E-state index in [1.54, 1.807) is 16.9 Å². The summed E-state index contributed by atoms with van der Waals surface area (Å²) in [5.74, 6) is 0.981. The number of piperidine rings is 1. The second kappa shape index (κ2) is 9.54. The van der Waals surface area contributed by atoms with Gasteiger partial charge in [0.2, 0.25) is 0 Å². The van der Waals surface area contributed by atoms with Crippen molar-refractivity contribution in [3.05, 3.63) is 66.0 Å². The summed E-state index contributed by atoms with van der Waals surface area (Å²) in [6.45, 7) is 3.93. The molecule has 4 rings (SSSR count). The molecule has 0 saturated carbocycles. The molecule has 0 spiro atoms. The van der Waals surface area contributed by atoms with E-state index in [4.69, 9.17) is 4.74 Å². The molecule has 0 radical (unpaired) electrons. The molecule has 1 aliphatic rings. The fourth-order valence-corrected chi connectivity index (χ4v) is 3.21. The molecule has 2 aromatic carbocycles. The highest BCUT2D eigenvalue weighted by atomic mass is 35.5. The first-order valence-electron chi connectivity index (χ1n) is 9.46. The molecule has 8 heteroatoms. The highest BCUT2D eigenvalue weighted by Crippen LogP contribution is 2.29. The number of anilines is 1. The third-order valence-corrected chi connectivity index (χ3v) is 4.81. The van der Waals surface area contributed by atoms with Crippen molar-refractivity contribution in [3.63, 3.8) is 0 Å². The lowest BCUT2D eigenvalue weighted by Gasteiger charge is -2.22. The number of ether oxygens (including phenoxy) is 1. The lowest BCUT2D eigenvalue weighted by Crippen LogP contribution is -2.29. The molecular formula is C21H24ClN5O2. The molecule has 0 atom stereocenters. The van der Waals surface area contributed by atoms with Crippen molar-refractivity contribution in [1.82, 2.24) is 20.3 Å². The number of amides is 1. The van der Waals surface area contributed by atoms with Gasteiger partial charge in [-0.25, -0.2) is 4.68 Å². The number of benzene rings is 2. The number of aromatic nitrogens is 3. The average Bonchev–Trinajstić information content (AvgIpc) is 3.22. The van der Waals surface area contributed by atoms with Crippen LogP contribution in [-0.4, -0.2) is 34.0 Å². The Morgan fingerprint density at radius 3 is 2.62 bits per heavy atom. The molecule has 0 bridgehead atoms. The third kappa shape index (κ3) is 5.13. The minimum atomic E-state index is -0.305. The molecule has 2 heterocycles. The number of halogens is 1. The van der Waals surface area contributed by atoms with Crippen molar-refractivity contribution >= 4 is 24.0 Å². The van der Waals surface area contributed by atoms with Gasteiger partial charge in [0, 0.05) is 0 Å². The lowest BCUT2D eigenvalue weighted by molar-refractivity contribution is 0.102. The second-order valence-electron chi connectivity index (χ2n) is 6.93. The first-order valence-corrected chi connectivity index (χ1v) is 9.46. The Morgan fingerprint density at radius 1 is 1.14 bits per heavy atom. The van der Waals surface area contributed by atoms with Gasteiger partial charge in [-0.15, -0.1) is 17.5 Å². The van der Waals surface area contributed by atoms with Gasteiger partial charge in [-0.05, 0) is 57.1 Å². The molecule has 1 aromatic heterocycles. The molecular weight excluding hydrogens is 390 g/mol. The van der Waals surface area contributed by atoms with Gasteiger partial charge in [0.1, 0.15) is 5.75 Å². The first kappa shape index (κ1) is 20.8. The normalized spacial score (nSPS) is 14.1. The van der Waals surface area contributed by atoms with Crippen molar-refractivity contribution in [2.45, 2.75) is 25.8 Å². The Morgan fingerprint density at radius 2 is 1.86 bits per heavy atom. The summed E-state index contributed by atoms with van der Waals surface area (Å²) in [6.07, 6.45) is 3.68. The Kier molecular flexibility index (Phi) is 6.85. The van der Waals surface area contributed by atoms with Gasteiger partial charge in [-0.3, -0.25) is 4.79 Å². The second-order valence-corrected chi connectivity index (χ2v) is 6.93. The SMILES string of the molecule is Cc1ccc(Oc2ccccc2NC(=O)c2cn(C3CCNCC3)nn2)cc1.Cl. The number of hydrogen-bond donors (Lipinski definition) is 2. The summed E-state index contributed by atoms with van der Waals surface area (Å²) in [7, 11) is 0. The van der Waals surface area contributed by atoms with Gasteiger partial charge in [-0.2, -0.15) is 0 Å². The summed E-state index contributed by atoms with van der Waals surface area (Å²) >= 11 is 0. The number of nitrogens with zero attached hydrogens (tertiary/aromatic N) is 3. The van der Waals surface area contributed by atoms with E-state index in [1.165, 1.54) is 0 Å². The number of carbonyl (C=O) groups is 1. The molecule has 2 N–H and O–H groups in total. The Bertz CT molecular complexity index is 952. The van der Waals surface area contributed by atoms with Crippen LogP contribution >= 0.6 is 12.4 Å². The van der Waals surface area contributed by atoms with Crippen LogP contribution < -0.4 is 15.4 Å². The van der Waals surface area contributed by atoms with E-state index in [0.29, 0.717) is 22.9 Å². The predicted octanol–water partition coefficient (Wildman–Crippen LogP) is 3.98. The fourth-order valence-electron chi connectivity index (χ4n) is 3.21. The maximum Gasteiger partial charge on any atom is 0.277 e. The summed E-state index contributed by atoms with van der Waals surface area (Å²) in [6, 6.07) is 15.4. The van der Waals surface area contributed by atoms with Gasteiger partial charge in [0.25, 0.3) is 5.91 Å². The summed E-state index contributed by atoms with van der Waals surface area (Å²) in [5.41, 5.74) is 2.04. The van der Waals surface area contributed by atoms with Gasteiger partial charge in [0.15, 0.2) is 11.4 Å². The van der Waals surface area contributed by atoms with Crippen LogP contribution in [0, 0.1) is 6.92 Å². The van der Waals surface area contributed by atoms with Crippen LogP contribution in [0.1, 0.15) is 34.9 Å². The molecule has 152 valence electrons. The van der Waals surface area contributed by atoms with Crippen molar-refractivity contribution in [3.8, 4) is 11.5 Å². The topological polar surface area (TPSA) is 81.1 Å². The van der Waals surface area contributed by atoms with Crippen LogP contribution in [0.3, 0.4) is 0 Å². The number of para-hydroxylation sites is 2.